The van der Waals surface area contributed by atoms with Crippen LogP contribution >= 0.6 is 0 Å². The highest BCUT2D eigenvalue weighted by Crippen LogP contribution is 2.31. The maximum absolute atomic E-state index is 13.3. The Labute approximate surface area is 117 Å². The Morgan fingerprint density at radius 1 is 0.950 bits per heavy atom. The number of ether oxygens (including phenoxy) is 1. The maximum atomic E-state index is 13.3. The van der Waals surface area contributed by atoms with E-state index < -0.39 is 0 Å². The number of benzene rings is 3. The second-order valence-corrected chi connectivity index (χ2v) is 4.79. The predicted molar refractivity (Wildman–Crippen MR) is 79.7 cm³/mol. The zero-order valence-electron chi connectivity index (χ0n) is 11.3. The predicted octanol–water partition coefficient (Wildman–Crippen LogP) is 4.58. The van der Waals surface area contributed by atoms with Gasteiger partial charge < -0.3 is 4.74 Å². The van der Waals surface area contributed by atoms with Crippen molar-refractivity contribution in [1.29, 1.82) is 0 Å². The van der Waals surface area contributed by atoms with Crippen LogP contribution in [0.3, 0.4) is 0 Å². The molecule has 0 unspecified atom stereocenters. The molecule has 3 aromatic carbocycles. The second-order valence-electron chi connectivity index (χ2n) is 4.79. The van der Waals surface area contributed by atoms with Crippen LogP contribution in [0.25, 0.3) is 10.8 Å². The van der Waals surface area contributed by atoms with Gasteiger partial charge in [0.25, 0.3) is 0 Å². The van der Waals surface area contributed by atoms with Crippen LogP contribution < -0.4 is 4.74 Å². The number of fused-ring (bicyclic) bond motifs is 1. The van der Waals surface area contributed by atoms with Gasteiger partial charge in [0.1, 0.15) is 11.6 Å². The lowest BCUT2D eigenvalue weighted by atomic mass is 9.99. The van der Waals surface area contributed by atoms with Crippen molar-refractivity contribution in [3.63, 3.8) is 0 Å². The molecule has 0 N–H and O–H groups in total. The van der Waals surface area contributed by atoms with Crippen LogP contribution in [0, 0.1) is 5.82 Å². The molecular formula is C18H15FO. The van der Waals surface area contributed by atoms with E-state index in [9.17, 15) is 4.39 Å². The highest BCUT2D eigenvalue weighted by Gasteiger charge is 2.08. The van der Waals surface area contributed by atoms with Crippen LogP contribution in [-0.4, -0.2) is 7.11 Å². The van der Waals surface area contributed by atoms with Crippen LogP contribution in [0.15, 0.2) is 60.7 Å². The van der Waals surface area contributed by atoms with E-state index in [4.69, 9.17) is 4.74 Å². The Hall–Kier alpha value is -2.35. The van der Waals surface area contributed by atoms with Gasteiger partial charge in [0.15, 0.2) is 0 Å². The van der Waals surface area contributed by atoms with Gasteiger partial charge in [0.05, 0.1) is 7.11 Å². The van der Waals surface area contributed by atoms with Gasteiger partial charge in [-0.25, -0.2) is 4.39 Å². The summed E-state index contributed by atoms with van der Waals surface area (Å²) in [7, 11) is 1.68. The fraction of sp³-hybridized carbons (Fsp3) is 0.111. The lowest BCUT2D eigenvalue weighted by Gasteiger charge is -2.12. The van der Waals surface area contributed by atoms with E-state index in [-0.39, 0.29) is 5.82 Å². The van der Waals surface area contributed by atoms with Gasteiger partial charge in [0.2, 0.25) is 0 Å². The molecule has 0 aliphatic heterocycles. The molecule has 0 spiro atoms. The molecular weight excluding hydrogens is 251 g/mol. The molecule has 3 rings (SSSR count). The summed E-state index contributed by atoms with van der Waals surface area (Å²) in [6, 6.07) is 18.9. The molecule has 2 heteroatoms. The largest absolute Gasteiger partial charge is 0.496 e. The van der Waals surface area contributed by atoms with Crippen molar-refractivity contribution in [3.05, 3.63) is 77.6 Å². The zero-order valence-corrected chi connectivity index (χ0v) is 11.3. The topological polar surface area (TPSA) is 9.23 Å². The molecule has 100 valence electrons. The minimum Gasteiger partial charge on any atom is -0.496 e. The summed E-state index contributed by atoms with van der Waals surface area (Å²) in [5.74, 6) is 0.662. The molecule has 3 aromatic rings. The van der Waals surface area contributed by atoms with E-state index in [1.165, 1.54) is 6.07 Å². The van der Waals surface area contributed by atoms with Gasteiger partial charge in [-0.15, -0.1) is 0 Å². The second kappa shape index (κ2) is 5.33. The number of methoxy groups -OCH3 is 1. The van der Waals surface area contributed by atoms with E-state index in [0.717, 1.165) is 27.6 Å². The molecule has 0 saturated carbocycles. The molecule has 0 fully saturated rings. The van der Waals surface area contributed by atoms with E-state index >= 15 is 0 Å². The van der Waals surface area contributed by atoms with Gasteiger partial charge >= 0.3 is 0 Å². The van der Waals surface area contributed by atoms with Crippen molar-refractivity contribution in [2.45, 2.75) is 6.42 Å². The summed E-state index contributed by atoms with van der Waals surface area (Å²) >= 11 is 0. The SMILES string of the molecule is COc1c(Cc2cccc(F)c2)ccc2ccccc12. The Bertz CT molecular complexity index is 749. The molecule has 0 saturated heterocycles. The van der Waals surface area contributed by atoms with Crippen molar-refractivity contribution in [3.8, 4) is 5.75 Å². The smallest absolute Gasteiger partial charge is 0.130 e. The van der Waals surface area contributed by atoms with Gasteiger partial charge in [-0.05, 0) is 28.6 Å². The summed E-state index contributed by atoms with van der Waals surface area (Å²) in [5, 5.41) is 2.23. The first-order valence-electron chi connectivity index (χ1n) is 6.57. The highest BCUT2D eigenvalue weighted by molar-refractivity contribution is 5.89. The van der Waals surface area contributed by atoms with Crippen LogP contribution in [-0.2, 0) is 6.42 Å². The van der Waals surface area contributed by atoms with Gasteiger partial charge in [-0.1, -0.05) is 48.5 Å². The fourth-order valence-corrected chi connectivity index (χ4v) is 2.54. The van der Waals surface area contributed by atoms with E-state index in [2.05, 4.69) is 12.1 Å². The minimum atomic E-state index is -0.206. The summed E-state index contributed by atoms with van der Waals surface area (Å²) in [5.41, 5.74) is 2.01. The number of rotatable bonds is 3. The van der Waals surface area contributed by atoms with Crippen LogP contribution in [0.1, 0.15) is 11.1 Å². The first kappa shape index (κ1) is 12.7. The highest BCUT2D eigenvalue weighted by atomic mass is 19.1. The molecule has 0 aromatic heterocycles. The Kier molecular flexibility index (Phi) is 3.38. The van der Waals surface area contributed by atoms with E-state index in [1.54, 1.807) is 19.2 Å². The number of hydrogen-bond donors (Lipinski definition) is 0. The molecule has 0 heterocycles. The molecule has 0 radical (unpaired) electrons. The lowest BCUT2D eigenvalue weighted by Crippen LogP contribution is -1.95. The average molecular weight is 266 g/mol. The van der Waals surface area contributed by atoms with Crippen LogP contribution in [0.2, 0.25) is 0 Å². The quantitative estimate of drug-likeness (QED) is 0.674. The van der Waals surface area contributed by atoms with Gasteiger partial charge in [0, 0.05) is 11.8 Å². The Morgan fingerprint density at radius 3 is 2.60 bits per heavy atom. The summed E-state index contributed by atoms with van der Waals surface area (Å²) in [4.78, 5) is 0. The Balaban J connectivity index is 2.07. The van der Waals surface area contributed by atoms with Crippen molar-refractivity contribution in [1.82, 2.24) is 0 Å². The van der Waals surface area contributed by atoms with Crippen molar-refractivity contribution in [2.24, 2.45) is 0 Å². The van der Waals surface area contributed by atoms with Crippen molar-refractivity contribution >= 4 is 10.8 Å². The Morgan fingerprint density at radius 2 is 1.80 bits per heavy atom. The zero-order chi connectivity index (χ0) is 13.9. The molecule has 1 nitrogen and oxygen atoms in total. The summed E-state index contributed by atoms with van der Waals surface area (Å²) < 4.78 is 18.8. The van der Waals surface area contributed by atoms with Crippen molar-refractivity contribution in [2.75, 3.05) is 7.11 Å². The first-order valence-corrected chi connectivity index (χ1v) is 6.57. The third-order valence-corrected chi connectivity index (χ3v) is 3.45. The maximum Gasteiger partial charge on any atom is 0.130 e. The van der Waals surface area contributed by atoms with Gasteiger partial charge in [-0.3, -0.25) is 0 Å². The molecule has 20 heavy (non-hydrogen) atoms. The first-order chi connectivity index (χ1) is 9.78. The van der Waals surface area contributed by atoms with Crippen LogP contribution in [0.4, 0.5) is 4.39 Å². The number of hydrogen-bond acceptors (Lipinski definition) is 1. The summed E-state index contributed by atoms with van der Waals surface area (Å²) in [6.07, 6.45) is 0.658. The van der Waals surface area contributed by atoms with Crippen molar-refractivity contribution < 1.29 is 9.13 Å². The molecule has 0 atom stereocenters. The lowest BCUT2D eigenvalue weighted by molar-refractivity contribution is 0.415. The number of halogens is 1. The van der Waals surface area contributed by atoms with E-state index in [1.807, 2.05) is 30.3 Å². The third kappa shape index (κ3) is 2.37. The molecule has 0 bridgehead atoms. The monoisotopic (exact) mass is 266 g/mol. The summed E-state index contributed by atoms with van der Waals surface area (Å²) in [6.45, 7) is 0. The third-order valence-electron chi connectivity index (χ3n) is 3.45. The van der Waals surface area contributed by atoms with E-state index in [0.29, 0.717) is 6.42 Å². The fourth-order valence-electron chi connectivity index (χ4n) is 2.54. The molecule has 0 aliphatic carbocycles. The average Bonchev–Trinajstić information content (AvgIpc) is 2.47. The minimum absolute atomic E-state index is 0.206. The standard InChI is InChI=1S/C18H15FO/c1-20-18-15(11-13-5-4-7-16(19)12-13)10-9-14-6-2-3-8-17(14)18/h2-10,12H,11H2,1H3. The normalized spacial score (nSPS) is 10.7. The van der Waals surface area contributed by atoms with Crippen LogP contribution in [0.5, 0.6) is 5.75 Å². The van der Waals surface area contributed by atoms with Gasteiger partial charge in [-0.2, -0.15) is 0 Å². The molecule has 0 aliphatic rings. The molecule has 0 amide bonds.